The number of nitrogens with one attached hydrogen (secondary N) is 2. The van der Waals surface area contributed by atoms with Gasteiger partial charge in [0.2, 0.25) is 0 Å². The summed E-state index contributed by atoms with van der Waals surface area (Å²) in [6.07, 6.45) is 1.74. The fourth-order valence-electron chi connectivity index (χ4n) is 3.86. The van der Waals surface area contributed by atoms with Crippen molar-refractivity contribution in [3.63, 3.8) is 0 Å². The zero-order chi connectivity index (χ0) is 20.3. The summed E-state index contributed by atoms with van der Waals surface area (Å²) in [4.78, 5) is 4.43. The predicted octanol–water partition coefficient (Wildman–Crippen LogP) is 4.43. The lowest BCUT2D eigenvalue weighted by Crippen LogP contribution is -2.45. The number of aliphatic imine (C=N–C) groups is 1. The SMILES string of the molecule is CN=C(NCc1cccc2c1OCCCO2)NC1CC(C)(C)Oc2ccccc21.I. The molecule has 162 valence electrons. The number of hydrogen-bond acceptors (Lipinski definition) is 4. The molecule has 4 rings (SSSR count). The molecule has 30 heavy (non-hydrogen) atoms. The van der Waals surface area contributed by atoms with Gasteiger partial charge in [-0.25, -0.2) is 0 Å². The van der Waals surface area contributed by atoms with E-state index in [-0.39, 0.29) is 35.6 Å². The molecule has 0 aliphatic carbocycles. The van der Waals surface area contributed by atoms with E-state index in [2.05, 4.69) is 41.6 Å². The molecule has 2 aromatic rings. The summed E-state index contributed by atoms with van der Waals surface area (Å²) >= 11 is 0. The van der Waals surface area contributed by atoms with Crippen LogP contribution < -0.4 is 24.8 Å². The minimum Gasteiger partial charge on any atom is -0.490 e. The van der Waals surface area contributed by atoms with Crippen LogP contribution in [0.15, 0.2) is 47.5 Å². The average Bonchev–Trinajstić information content (AvgIpc) is 2.96. The van der Waals surface area contributed by atoms with Crippen molar-refractivity contribution >= 4 is 29.9 Å². The molecule has 2 aliphatic rings. The summed E-state index contributed by atoms with van der Waals surface area (Å²) in [5, 5.41) is 6.99. The van der Waals surface area contributed by atoms with Crippen LogP contribution in [-0.2, 0) is 6.54 Å². The Balaban J connectivity index is 0.00000256. The van der Waals surface area contributed by atoms with E-state index >= 15 is 0 Å². The van der Waals surface area contributed by atoms with Crippen LogP contribution in [0.3, 0.4) is 0 Å². The molecule has 0 saturated heterocycles. The predicted molar refractivity (Wildman–Crippen MR) is 129 cm³/mol. The van der Waals surface area contributed by atoms with Gasteiger partial charge < -0.3 is 24.8 Å². The molecule has 0 fully saturated rings. The van der Waals surface area contributed by atoms with Gasteiger partial charge in [-0.1, -0.05) is 30.3 Å². The molecular formula is C23H30IN3O3. The van der Waals surface area contributed by atoms with Crippen LogP contribution in [0.1, 0.15) is 43.9 Å². The Morgan fingerprint density at radius 1 is 1.07 bits per heavy atom. The summed E-state index contributed by atoms with van der Waals surface area (Å²) in [6.45, 7) is 6.19. The van der Waals surface area contributed by atoms with Gasteiger partial charge in [0.1, 0.15) is 11.4 Å². The first-order valence-corrected chi connectivity index (χ1v) is 10.2. The van der Waals surface area contributed by atoms with Crippen LogP contribution >= 0.6 is 24.0 Å². The number of para-hydroxylation sites is 2. The molecular weight excluding hydrogens is 493 g/mol. The highest BCUT2D eigenvalue weighted by Gasteiger charge is 2.34. The van der Waals surface area contributed by atoms with Gasteiger partial charge in [0.05, 0.1) is 19.3 Å². The van der Waals surface area contributed by atoms with Crippen molar-refractivity contribution in [2.75, 3.05) is 20.3 Å². The molecule has 2 aliphatic heterocycles. The minimum absolute atomic E-state index is 0. The Morgan fingerprint density at radius 2 is 1.83 bits per heavy atom. The van der Waals surface area contributed by atoms with Crippen molar-refractivity contribution in [3.05, 3.63) is 53.6 Å². The van der Waals surface area contributed by atoms with Crippen LogP contribution in [0.5, 0.6) is 17.2 Å². The van der Waals surface area contributed by atoms with Crippen LogP contribution in [0.25, 0.3) is 0 Å². The van der Waals surface area contributed by atoms with Crippen molar-refractivity contribution in [2.24, 2.45) is 4.99 Å². The highest BCUT2D eigenvalue weighted by molar-refractivity contribution is 14.0. The molecule has 0 aromatic heterocycles. The quantitative estimate of drug-likeness (QED) is 0.354. The lowest BCUT2D eigenvalue weighted by molar-refractivity contribution is 0.0694. The molecule has 0 radical (unpaired) electrons. The topological polar surface area (TPSA) is 64.1 Å². The Bertz CT molecular complexity index is 901. The average molecular weight is 523 g/mol. The molecule has 0 spiro atoms. The highest BCUT2D eigenvalue weighted by Crippen LogP contribution is 2.39. The summed E-state index contributed by atoms with van der Waals surface area (Å²) in [5.74, 6) is 3.31. The normalized spacial score (nSPS) is 19.4. The van der Waals surface area contributed by atoms with E-state index in [4.69, 9.17) is 14.2 Å². The number of fused-ring (bicyclic) bond motifs is 2. The largest absolute Gasteiger partial charge is 0.490 e. The molecule has 0 amide bonds. The summed E-state index contributed by atoms with van der Waals surface area (Å²) in [7, 11) is 1.79. The van der Waals surface area contributed by atoms with Crippen molar-refractivity contribution in [3.8, 4) is 17.2 Å². The van der Waals surface area contributed by atoms with E-state index in [1.54, 1.807) is 7.05 Å². The second-order valence-corrected chi connectivity index (χ2v) is 8.02. The Hall–Kier alpha value is -2.16. The van der Waals surface area contributed by atoms with Gasteiger partial charge in [-0.3, -0.25) is 4.99 Å². The number of ether oxygens (including phenoxy) is 3. The van der Waals surface area contributed by atoms with Gasteiger partial charge in [0.15, 0.2) is 17.5 Å². The third-order valence-electron chi connectivity index (χ3n) is 5.21. The zero-order valence-corrected chi connectivity index (χ0v) is 20.1. The van der Waals surface area contributed by atoms with E-state index in [1.165, 1.54) is 0 Å². The molecule has 2 aromatic carbocycles. The third-order valence-corrected chi connectivity index (χ3v) is 5.21. The first-order valence-electron chi connectivity index (χ1n) is 10.2. The fraction of sp³-hybridized carbons (Fsp3) is 0.435. The second kappa shape index (κ2) is 9.76. The number of benzene rings is 2. The maximum atomic E-state index is 6.14. The second-order valence-electron chi connectivity index (χ2n) is 8.02. The van der Waals surface area contributed by atoms with Crippen molar-refractivity contribution in [1.82, 2.24) is 10.6 Å². The summed E-state index contributed by atoms with van der Waals surface area (Å²) < 4.78 is 17.9. The van der Waals surface area contributed by atoms with Gasteiger partial charge in [-0.15, -0.1) is 24.0 Å². The fourth-order valence-corrected chi connectivity index (χ4v) is 3.86. The molecule has 0 saturated carbocycles. The standard InChI is InChI=1S/C23H29N3O3.HI/c1-23(2)14-18(17-9-4-5-10-19(17)29-23)26-22(24-3)25-15-16-8-6-11-20-21(16)28-13-7-12-27-20;/h4-6,8-11,18H,7,12-15H2,1-3H3,(H2,24,25,26);1H. The smallest absolute Gasteiger partial charge is 0.191 e. The maximum absolute atomic E-state index is 6.14. The molecule has 6 nitrogen and oxygen atoms in total. The lowest BCUT2D eigenvalue weighted by Gasteiger charge is -2.38. The van der Waals surface area contributed by atoms with Crippen molar-refractivity contribution in [1.29, 1.82) is 0 Å². The minimum atomic E-state index is -0.243. The van der Waals surface area contributed by atoms with Crippen LogP contribution in [0.2, 0.25) is 0 Å². The first kappa shape index (κ1) is 22.5. The van der Waals surface area contributed by atoms with Crippen molar-refractivity contribution < 1.29 is 14.2 Å². The van der Waals surface area contributed by atoms with E-state index in [9.17, 15) is 0 Å². The van der Waals surface area contributed by atoms with E-state index in [0.717, 1.165) is 47.2 Å². The van der Waals surface area contributed by atoms with Gasteiger partial charge in [0.25, 0.3) is 0 Å². The van der Waals surface area contributed by atoms with E-state index in [1.807, 2.05) is 30.3 Å². The van der Waals surface area contributed by atoms with Crippen LogP contribution in [-0.4, -0.2) is 31.8 Å². The number of rotatable bonds is 3. The molecule has 0 bridgehead atoms. The van der Waals surface area contributed by atoms with Crippen molar-refractivity contribution in [2.45, 2.75) is 44.9 Å². The van der Waals surface area contributed by atoms with E-state index < -0.39 is 0 Å². The summed E-state index contributed by atoms with van der Waals surface area (Å²) in [5.41, 5.74) is 1.97. The highest BCUT2D eigenvalue weighted by atomic mass is 127. The number of hydrogen-bond donors (Lipinski definition) is 2. The molecule has 7 heteroatoms. The zero-order valence-electron chi connectivity index (χ0n) is 17.7. The first-order chi connectivity index (χ1) is 14.1. The van der Waals surface area contributed by atoms with Crippen LogP contribution in [0.4, 0.5) is 0 Å². The van der Waals surface area contributed by atoms with E-state index in [0.29, 0.717) is 19.8 Å². The Labute approximate surface area is 195 Å². The Morgan fingerprint density at radius 3 is 2.67 bits per heavy atom. The molecule has 1 atom stereocenters. The maximum Gasteiger partial charge on any atom is 0.191 e. The molecule has 2 N–H and O–H groups in total. The lowest BCUT2D eigenvalue weighted by atomic mass is 9.90. The third kappa shape index (κ3) is 5.11. The van der Waals surface area contributed by atoms with Gasteiger partial charge in [0, 0.05) is 37.6 Å². The monoisotopic (exact) mass is 523 g/mol. The number of guanidine groups is 1. The number of nitrogens with zero attached hydrogens (tertiary/aromatic N) is 1. The van der Waals surface area contributed by atoms with Gasteiger partial charge >= 0.3 is 0 Å². The summed E-state index contributed by atoms with van der Waals surface area (Å²) in [6, 6.07) is 14.3. The van der Waals surface area contributed by atoms with Gasteiger partial charge in [-0.05, 0) is 26.0 Å². The number of halogens is 1. The van der Waals surface area contributed by atoms with Crippen LogP contribution in [0, 0.1) is 0 Å². The van der Waals surface area contributed by atoms with Gasteiger partial charge in [-0.2, -0.15) is 0 Å². The molecule has 2 heterocycles. The Kier molecular flexibility index (Phi) is 7.33. The molecule has 1 unspecified atom stereocenters.